The minimum atomic E-state index is -3.38. The summed E-state index contributed by atoms with van der Waals surface area (Å²) in [6.45, 7) is 14.1. The van der Waals surface area contributed by atoms with Crippen LogP contribution in [0.4, 0.5) is 0 Å². The SMILES string of the molecule is CC(OC(Cc1nn[nH]n1)CN(C(C)(C)C)S(C)(=O)=O)C(C)(C)C. The number of nitrogens with one attached hydrogen (secondary N) is 1. The van der Waals surface area contributed by atoms with Crippen molar-refractivity contribution in [3.63, 3.8) is 0 Å². The first-order valence-corrected chi connectivity index (χ1v) is 9.91. The molecule has 0 radical (unpaired) electrons. The molecule has 8 nitrogen and oxygen atoms in total. The maximum atomic E-state index is 12.2. The van der Waals surface area contributed by atoms with Crippen LogP contribution in [0.25, 0.3) is 0 Å². The summed E-state index contributed by atoms with van der Waals surface area (Å²) in [5, 5.41) is 13.9. The Bertz CT molecular complexity index is 602. The lowest BCUT2D eigenvalue weighted by atomic mass is 9.90. The van der Waals surface area contributed by atoms with E-state index in [4.69, 9.17) is 4.74 Å². The van der Waals surface area contributed by atoms with Gasteiger partial charge in [-0.3, -0.25) is 0 Å². The molecular formula is C15H31N5O3S. The third kappa shape index (κ3) is 6.45. The normalized spacial score (nSPS) is 16.4. The molecule has 0 saturated heterocycles. The first-order valence-electron chi connectivity index (χ1n) is 8.07. The molecule has 1 rings (SSSR count). The molecule has 0 fully saturated rings. The van der Waals surface area contributed by atoms with Crippen LogP contribution in [0, 0.1) is 5.41 Å². The molecule has 1 N–H and O–H groups in total. The second-order valence-electron chi connectivity index (χ2n) is 8.26. The number of sulfonamides is 1. The van der Waals surface area contributed by atoms with Gasteiger partial charge in [0, 0.05) is 18.5 Å². The highest BCUT2D eigenvalue weighted by Gasteiger charge is 2.34. The van der Waals surface area contributed by atoms with E-state index in [9.17, 15) is 8.42 Å². The summed E-state index contributed by atoms with van der Waals surface area (Å²) in [7, 11) is -3.38. The van der Waals surface area contributed by atoms with Gasteiger partial charge in [0.1, 0.15) is 0 Å². The molecule has 0 saturated carbocycles. The van der Waals surface area contributed by atoms with Gasteiger partial charge < -0.3 is 4.74 Å². The zero-order valence-corrected chi connectivity index (χ0v) is 16.8. The van der Waals surface area contributed by atoms with E-state index in [1.54, 1.807) is 0 Å². The number of H-pyrrole nitrogens is 1. The van der Waals surface area contributed by atoms with Crippen LogP contribution in [-0.2, 0) is 21.2 Å². The molecular weight excluding hydrogens is 330 g/mol. The Morgan fingerprint density at radius 2 is 1.79 bits per heavy atom. The van der Waals surface area contributed by atoms with Gasteiger partial charge >= 0.3 is 0 Å². The van der Waals surface area contributed by atoms with Crippen LogP contribution in [0.5, 0.6) is 0 Å². The molecule has 0 amide bonds. The fourth-order valence-electron chi connectivity index (χ4n) is 2.21. The minimum Gasteiger partial charge on any atom is -0.373 e. The van der Waals surface area contributed by atoms with Gasteiger partial charge in [0.2, 0.25) is 10.0 Å². The lowest BCUT2D eigenvalue weighted by Crippen LogP contribution is -2.50. The van der Waals surface area contributed by atoms with Crippen LogP contribution in [0.3, 0.4) is 0 Å². The van der Waals surface area contributed by atoms with Crippen molar-refractivity contribution >= 4 is 10.0 Å². The summed E-state index contributed by atoms with van der Waals surface area (Å²) in [4.78, 5) is 0. The zero-order chi connectivity index (χ0) is 18.8. The lowest BCUT2D eigenvalue weighted by Gasteiger charge is -2.38. The second kappa shape index (κ2) is 7.45. The smallest absolute Gasteiger partial charge is 0.211 e. The summed E-state index contributed by atoms with van der Waals surface area (Å²) >= 11 is 0. The summed E-state index contributed by atoms with van der Waals surface area (Å²) in [6.07, 6.45) is 1.18. The van der Waals surface area contributed by atoms with Crippen molar-refractivity contribution in [2.75, 3.05) is 12.8 Å². The average Bonchev–Trinajstić information content (AvgIpc) is 2.84. The molecule has 0 aliphatic rings. The van der Waals surface area contributed by atoms with Crippen molar-refractivity contribution in [1.29, 1.82) is 0 Å². The van der Waals surface area contributed by atoms with E-state index in [2.05, 4.69) is 41.4 Å². The predicted octanol–water partition coefficient (Wildman–Crippen LogP) is 1.62. The summed E-state index contributed by atoms with van der Waals surface area (Å²) in [6, 6.07) is 0. The summed E-state index contributed by atoms with van der Waals surface area (Å²) in [5.74, 6) is 0.503. The van der Waals surface area contributed by atoms with Gasteiger partial charge in [0.25, 0.3) is 0 Å². The predicted molar refractivity (Wildman–Crippen MR) is 93.0 cm³/mol. The van der Waals surface area contributed by atoms with E-state index >= 15 is 0 Å². The van der Waals surface area contributed by atoms with Crippen LogP contribution in [-0.4, -0.2) is 63.9 Å². The first-order chi connectivity index (χ1) is 10.7. The van der Waals surface area contributed by atoms with Crippen LogP contribution >= 0.6 is 0 Å². The Labute approximate surface area is 145 Å². The molecule has 0 aliphatic heterocycles. The van der Waals surface area contributed by atoms with E-state index in [1.165, 1.54) is 10.6 Å². The molecule has 0 aliphatic carbocycles. The summed E-state index contributed by atoms with van der Waals surface area (Å²) < 4.78 is 32.1. The Balaban J connectivity index is 3.03. The van der Waals surface area contributed by atoms with Crippen LogP contribution in [0.1, 0.15) is 54.3 Å². The summed E-state index contributed by atoms with van der Waals surface area (Å²) in [5.41, 5.74) is -0.607. The number of rotatable bonds is 7. The van der Waals surface area contributed by atoms with Crippen molar-refractivity contribution in [2.24, 2.45) is 5.41 Å². The van der Waals surface area contributed by atoms with Crippen LogP contribution in [0.2, 0.25) is 0 Å². The molecule has 0 bridgehead atoms. The van der Waals surface area contributed by atoms with Gasteiger partial charge in [-0.2, -0.15) is 9.52 Å². The molecule has 9 heteroatoms. The standard InChI is InChI=1S/C15H31N5O3S/c1-11(14(2,3)4)23-12(9-13-16-18-19-17-13)10-20(15(5,6)7)24(8,21)22/h11-12H,9-10H2,1-8H3,(H,16,17,18,19). The molecule has 24 heavy (non-hydrogen) atoms. The molecule has 0 spiro atoms. The molecule has 0 aromatic carbocycles. The Morgan fingerprint density at radius 1 is 1.21 bits per heavy atom. The number of tetrazole rings is 1. The van der Waals surface area contributed by atoms with Gasteiger partial charge in [-0.25, -0.2) is 8.42 Å². The van der Waals surface area contributed by atoms with E-state index in [0.29, 0.717) is 12.2 Å². The lowest BCUT2D eigenvalue weighted by molar-refractivity contribution is -0.0651. The fourth-order valence-corrected chi connectivity index (χ4v) is 3.64. The maximum absolute atomic E-state index is 12.2. The number of aromatic amines is 1. The van der Waals surface area contributed by atoms with Crippen LogP contribution in [0.15, 0.2) is 0 Å². The number of ether oxygens (including phenoxy) is 1. The van der Waals surface area contributed by atoms with Gasteiger partial charge in [0.15, 0.2) is 5.82 Å². The fraction of sp³-hybridized carbons (Fsp3) is 0.933. The van der Waals surface area contributed by atoms with Crippen molar-refractivity contribution in [3.8, 4) is 0 Å². The average molecular weight is 362 g/mol. The first kappa shape index (κ1) is 21.0. The second-order valence-corrected chi connectivity index (χ2v) is 10.2. The van der Waals surface area contributed by atoms with Crippen molar-refractivity contribution in [2.45, 2.75) is 72.6 Å². The number of hydrogen-bond acceptors (Lipinski definition) is 6. The van der Waals surface area contributed by atoms with Gasteiger partial charge in [-0.1, -0.05) is 26.0 Å². The zero-order valence-electron chi connectivity index (χ0n) is 16.0. The number of aromatic nitrogens is 4. The van der Waals surface area contributed by atoms with Crippen LogP contribution < -0.4 is 0 Å². The third-order valence-electron chi connectivity index (χ3n) is 3.93. The van der Waals surface area contributed by atoms with Crippen molar-refractivity contribution < 1.29 is 13.2 Å². The van der Waals surface area contributed by atoms with Gasteiger partial charge in [-0.15, -0.1) is 10.2 Å². The molecule has 1 aromatic heterocycles. The molecule has 1 heterocycles. The van der Waals surface area contributed by atoms with Crippen molar-refractivity contribution in [1.82, 2.24) is 24.9 Å². The highest BCUT2D eigenvalue weighted by Crippen LogP contribution is 2.25. The van der Waals surface area contributed by atoms with E-state index in [-0.39, 0.29) is 24.2 Å². The Morgan fingerprint density at radius 3 is 2.17 bits per heavy atom. The topological polar surface area (TPSA) is 101 Å². The molecule has 1 aromatic rings. The molecule has 2 unspecified atom stereocenters. The highest BCUT2D eigenvalue weighted by atomic mass is 32.2. The van der Waals surface area contributed by atoms with E-state index in [1.807, 2.05) is 27.7 Å². The monoisotopic (exact) mass is 361 g/mol. The van der Waals surface area contributed by atoms with Gasteiger partial charge in [-0.05, 0) is 33.1 Å². The number of hydrogen-bond donors (Lipinski definition) is 1. The molecule has 140 valence electrons. The van der Waals surface area contributed by atoms with E-state index < -0.39 is 15.6 Å². The number of nitrogens with zero attached hydrogens (tertiary/aromatic N) is 4. The Hall–Kier alpha value is -1.06. The maximum Gasteiger partial charge on any atom is 0.211 e. The highest BCUT2D eigenvalue weighted by molar-refractivity contribution is 7.88. The van der Waals surface area contributed by atoms with Crippen molar-refractivity contribution in [3.05, 3.63) is 5.82 Å². The van der Waals surface area contributed by atoms with Gasteiger partial charge in [0.05, 0.1) is 18.5 Å². The largest absolute Gasteiger partial charge is 0.373 e. The third-order valence-corrected chi connectivity index (χ3v) is 5.43. The quantitative estimate of drug-likeness (QED) is 0.792. The molecule has 2 atom stereocenters. The minimum absolute atomic E-state index is 0.0595. The van der Waals surface area contributed by atoms with E-state index in [0.717, 1.165) is 0 Å². The Kier molecular flexibility index (Phi) is 6.51.